The second kappa shape index (κ2) is 5.77. The Kier molecular flexibility index (Phi) is 3.87. The highest BCUT2D eigenvalue weighted by atomic mass is 16.5. The Morgan fingerprint density at radius 2 is 1.56 bits per heavy atom. The Hall–Kier alpha value is -3.08. The number of esters is 1. The summed E-state index contributed by atoms with van der Waals surface area (Å²) in [5.41, 5.74) is 2.19. The van der Waals surface area contributed by atoms with Crippen LogP contribution in [-0.2, 0) is 4.79 Å². The molecule has 1 aliphatic carbocycles. The van der Waals surface area contributed by atoms with E-state index < -0.39 is 11.8 Å². The van der Waals surface area contributed by atoms with Gasteiger partial charge in [-0.2, -0.15) is 0 Å². The van der Waals surface area contributed by atoms with E-state index in [9.17, 15) is 19.2 Å². The number of Topliss-reactive ketones (excluding diaryl/α,β-unsaturated/α-hetero) is 1. The summed E-state index contributed by atoms with van der Waals surface area (Å²) >= 11 is 0. The van der Waals surface area contributed by atoms with Crippen LogP contribution in [0.5, 0.6) is 5.75 Å². The molecule has 126 valence electrons. The van der Waals surface area contributed by atoms with Crippen LogP contribution in [0.25, 0.3) is 0 Å². The Bertz CT molecular complexity index is 982. The molecule has 1 aliphatic rings. The second-order valence-corrected chi connectivity index (χ2v) is 6.18. The Morgan fingerprint density at radius 1 is 0.880 bits per heavy atom. The number of hydrogen-bond donors (Lipinski definition) is 0. The predicted molar refractivity (Wildman–Crippen MR) is 90.5 cm³/mol. The van der Waals surface area contributed by atoms with Crippen LogP contribution in [0.4, 0.5) is 0 Å². The van der Waals surface area contributed by atoms with Crippen molar-refractivity contribution in [2.75, 3.05) is 0 Å². The van der Waals surface area contributed by atoms with E-state index in [1.807, 2.05) is 6.92 Å². The van der Waals surface area contributed by atoms with Gasteiger partial charge in [0.2, 0.25) is 0 Å². The van der Waals surface area contributed by atoms with E-state index in [1.165, 1.54) is 19.9 Å². The lowest BCUT2D eigenvalue weighted by Crippen LogP contribution is -2.24. The zero-order valence-corrected chi connectivity index (χ0v) is 14.4. The molecule has 5 nitrogen and oxygen atoms in total. The van der Waals surface area contributed by atoms with Crippen LogP contribution >= 0.6 is 0 Å². The average molecular weight is 336 g/mol. The molecule has 0 fully saturated rings. The van der Waals surface area contributed by atoms with Crippen molar-refractivity contribution in [1.82, 2.24) is 0 Å². The molecule has 0 atom stereocenters. The van der Waals surface area contributed by atoms with Gasteiger partial charge >= 0.3 is 5.97 Å². The number of carbonyl (C=O) groups is 4. The maximum Gasteiger partial charge on any atom is 0.308 e. The first-order chi connectivity index (χ1) is 11.7. The number of ketones is 3. The van der Waals surface area contributed by atoms with Gasteiger partial charge in [0.15, 0.2) is 23.1 Å². The summed E-state index contributed by atoms with van der Waals surface area (Å²) in [5, 5.41) is 0. The fraction of sp³-hybridized carbons (Fsp3) is 0.200. The van der Waals surface area contributed by atoms with Gasteiger partial charge < -0.3 is 4.74 Å². The molecule has 3 rings (SSSR count). The number of rotatable bonds is 2. The van der Waals surface area contributed by atoms with E-state index in [1.54, 1.807) is 25.1 Å². The molecule has 2 aromatic carbocycles. The number of hydrogen-bond acceptors (Lipinski definition) is 5. The molecule has 0 heterocycles. The maximum absolute atomic E-state index is 13.0. The van der Waals surface area contributed by atoms with Gasteiger partial charge in [-0.3, -0.25) is 19.2 Å². The third-order valence-corrected chi connectivity index (χ3v) is 4.21. The summed E-state index contributed by atoms with van der Waals surface area (Å²) in [5.74, 6) is -1.88. The van der Waals surface area contributed by atoms with E-state index in [0.29, 0.717) is 11.1 Å². The first-order valence-corrected chi connectivity index (χ1v) is 7.79. The smallest absolute Gasteiger partial charge is 0.308 e. The molecule has 0 saturated heterocycles. The lowest BCUT2D eigenvalue weighted by atomic mass is 9.80. The van der Waals surface area contributed by atoms with Crippen molar-refractivity contribution in [2.45, 2.75) is 27.7 Å². The molecule has 0 radical (unpaired) electrons. The lowest BCUT2D eigenvalue weighted by Gasteiger charge is -2.22. The summed E-state index contributed by atoms with van der Waals surface area (Å²) < 4.78 is 5.21. The van der Waals surface area contributed by atoms with Crippen LogP contribution in [0.1, 0.15) is 67.2 Å². The van der Waals surface area contributed by atoms with E-state index in [4.69, 9.17) is 4.74 Å². The highest BCUT2D eigenvalue weighted by Gasteiger charge is 2.35. The van der Waals surface area contributed by atoms with E-state index in [2.05, 4.69) is 0 Å². The van der Waals surface area contributed by atoms with Crippen molar-refractivity contribution in [3.63, 3.8) is 0 Å². The molecule has 5 heteroatoms. The van der Waals surface area contributed by atoms with Crippen molar-refractivity contribution in [1.29, 1.82) is 0 Å². The van der Waals surface area contributed by atoms with Gasteiger partial charge in [-0.25, -0.2) is 0 Å². The van der Waals surface area contributed by atoms with Gasteiger partial charge in [0.1, 0.15) is 0 Å². The molecule has 0 aliphatic heterocycles. The molecule has 0 unspecified atom stereocenters. The number of aryl methyl sites for hydroxylation is 2. The molecule has 0 spiro atoms. The SMILES string of the molecule is CC(=O)Oc1c(C(C)=O)c(C)cc2c1C(=O)c1ccc(C)cc1C2=O. The van der Waals surface area contributed by atoms with Gasteiger partial charge in [0.25, 0.3) is 0 Å². The van der Waals surface area contributed by atoms with Crippen LogP contribution < -0.4 is 4.74 Å². The molecule has 0 N–H and O–H groups in total. The highest BCUT2D eigenvalue weighted by molar-refractivity contribution is 6.30. The molecule has 0 bridgehead atoms. The van der Waals surface area contributed by atoms with Crippen molar-refractivity contribution >= 4 is 23.3 Å². The number of ether oxygens (including phenoxy) is 1. The highest BCUT2D eigenvalue weighted by Crippen LogP contribution is 2.38. The molecule has 25 heavy (non-hydrogen) atoms. The summed E-state index contributed by atoms with van der Waals surface area (Å²) in [6.45, 7) is 5.99. The third kappa shape index (κ3) is 2.58. The molecule has 2 aromatic rings. The quantitative estimate of drug-likeness (QED) is 0.408. The largest absolute Gasteiger partial charge is 0.425 e. The zero-order chi connectivity index (χ0) is 18.5. The molecular weight excluding hydrogens is 320 g/mol. The minimum Gasteiger partial charge on any atom is -0.425 e. The maximum atomic E-state index is 13.0. The van der Waals surface area contributed by atoms with Crippen LogP contribution in [0.2, 0.25) is 0 Å². The van der Waals surface area contributed by atoms with Crippen molar-refractivity contribution in [2.24, 2.45) is 0 Å². The minimum absolute atomic E-state index is 0.0210. The lowest BCUT2D eigenvalue weighted by molar-refractivity contribution is -0.131. The number of carbonyl (C=O) groups excluding carboxylic acids is 4. The van der Waals surface area contributed by atoms with Crippen LogP contribution in [0.15, 0.2) is 24.3 Å². The number of benzene rings is 2. The molecule has 0 aromatic heterocycles. The fourth-order valence-electron chi connectivity index (χ4n) is 3.20. The summed E-state index contributed by atoms with van der Waals surface area (Å²) in [6, 6.07) is 6.50. The van der Waals surface area contributed by atoms with Gasteiger partial charge in [0, 0.05) is 23.6 Å². The van der Waals surface area contributed by atoms with E-state index in [0.717, 1.165) is 5.56 Å². The average Bonchev–Trinajstić information content (AvgIpc) is 2.51. The first-order valence-electron chi connectivity index (χ1n) is 7.79. The predicted octanol–water partition coefficient (Wildman–Crippen LogP) is 3.21. The summed E-state index contributed by atoms with van der Waals surface area (Å²) in [6.07, 6.45) is 0. The Labute approximate surface area is 144 Å². The Morgan fingerprint density at radius 3 is 2.16 bits per heavy atom. The van der Waals surface area contributed by atoms with Crippen molar-refractivity contribution in [3.8, 4) is 5.75 Å². The molecule has 0 amide bonds. The van der Waals surface area contributed by atoms with E-state index in [-0.39, 0.29) is 39.6 Å². The van der Waals surface area contributed by atoms with Crippen molar-refractivity contribution < 1.29 is 23.9 Å². The van der Waals surface area contributed by atoms with E-state index >= 15 is 0 Å². The van der Waals surface area contributed by atoms with Gasteiger partial charge in [-0.1, -0.05) is 17.7 Å². The normalized spacial score (nSPS) is 12.5. The summed E-state index contributed by atoms with van der Waals surface area (Å²) in [4.78, 5) is 49.5. The molecule has 0 saturated carbocycles. The Balaban J connectivity index is 2.39. The van der Waals surface area contributed by atoms with Crippen LogP contribution in [0.3, 0.4) is 0 Å². The van der Waals surface area contributed by atoms with Crippen LogP contribution in [-0.4, -0.2) is 23.3 Å². The summed E-state index contributed by atoms with van der Waals surface area (Å²) in [7, 11) is 0. The number of fused-ring (bicyclic) bond motifs is 2. The monoisotopic (exact) mass is 336 g/mol. The second-order valence-electron chi connectivity index (χ2n) is 6.18. The zero-order valence-electron chi connectivity index (χ0n) is 14.4. The fourth-order valence-corrected chi connectivity index (χ4v) is 3.20. The minimum atomic E-state index is -0.662. The topological polar surface area (TPSA) is 77.5 Å². The standard InChI is InChI=1S/C20H16O5/c1-9-5-6-13-14(7-9)18(23)15-8-10(2)16(11(3)21)20(25-12(4)22)17(15)19(13)24/h5-8H,1-4H3. The van der Waals surface area contributed by atoms with Gasteiger partial charge in [-0.05, 0) is 38.5 Å². The molecular formula is C20H16O5. The van der Waals surface area contributed by atoms with Crippen LogP contribution in [0, 0.1) is 13.8 Å². The van der Waals surface area contributed by atoms with Crippen molar-refractivity contribution in [3.05, 3.63) is 63.2 Å². The first kappa shape index (κ1) is 16.8. The third-order valence-electron chi connectivity index (χ3n) is 4.21. The van der Waals surface area contributed by atoms with Gasteiger partial charge in [0.05, 0.1) is 11.1 Å². The van der Waals surface area contributed by atoms with Gasteiger partial charge in [-0.15, -0.1) is 0 Å².